The zero-order valence-corrected chi connectivity index (χ0v) is 15.5. The van der Waals surface area contributed by atoms with Gasteiger partial charge in [0.2, 0.25) is 0 Å². The third-order valence-corrected chi connectivity index (χ3v) is 4.40. The summed E-state index contributed by atoms with van der Waals surface area (Å²) in [6.45, 7) is 7.59. The van der Waals surface area contributed by atoms with Crippen molar-refractivity contribution in [3.8, 4) is 5.75 Å². The molecule has 1 amide bonds. The van der Waals surface area contributed by atoms with Crippen molar-refractivity contribution in [1.29, 1.82) is 0 Å². The van der Waals surface area contributed by atoms with Gasteiger partial charge in [-0.25, -0.2) is 9.78 Å². The number of carboxylic acids is 1. The van der Waals surface area contributed by atoms with Crippen LogP contribution in [-0.2, 0) is 10.2 Å². The number of hydrogen-bond acceptors (Lipinski definition) is 5. The fraction of sp³-hybridized carbons (Fsp3) is 0.389. The lowest BCUT2D eigenvalue weighted by Gasteiger charge is -2.19. The van der Waals surface area contributed by atoms with Gasteiger partial charge in [0.1, 0.15) is 10.6 Å². The Morgan fingerprint density at radius 3 is 2.48 bits per heavy atom. The van der Waals surface area contributed by atoms with Crippen molar-refractivity contribution in [3.05, 3.63) is 45.9 Å². The van der Waals surface area contributed by atoms with Gasteiger partial charge in [0.05, 0.1) is 17.2 Å². The Balaban J connectivity index is 2.04. The summed E-state index contributed by atoms with van der Waals surface area (Å²) in [5, 5.41) is 11.6. The van der Waals surface area contributed by atoms with Gasteiger partial charge < -0.3 is 15.2 Å². The van der Waals surface area contributed by atoms with E-state index in [4.69, 9.17) is 9.84 Å². The number of amides is 1. The van der Waals surface area contributed by atoms with Crippen LogP contribution in [0.15, 0.2) is 29.8 Å². The second kappa shape index (κ2) is 7.65. The van der Waals surface area contributed by atoms with E-state index in [1.54, 1.807) is 29.8 Å². The maximum atomic E-state index is 12.6. The molecule has 6 nitrogen and oxygen atoms in total. The molecule has 1 aromatic carbocycles. The van der Waals surface area contributed by atoms with Crippen molar-refractivity contribution in [2.45, 2.75) is 39.2 Å². The average molecular weight is 362 g/mol. The minimum absolute atomic E-state index is 0.147. The van der Waals surface area contributed by atoms with E-state index < -0.39 is 5.97 Å². The highest BCUT2D eigenvalue weighted by molar-refractivity contribution is 7.11. The normalized spacial score (nSPS) is 12.5. The van der Waals surface area contributed by atoms with Crippen LogP contribution in [0.5, 0.6) is 5.75 Å². The van der Waals surface area contributed by atoms with Gasteiger partial charge in [0.15, 0.2) is 6.61 Å². The molecule has 1 heterocycles. The van der Waals surface area contributed by atoms with Crippen molar-refractivity contribution in [2.75, 3.05) is 6.61 Å². The number of carboxylic acid groups (broad SMARTS) is 1. The largest absolute Gasteiger partial charge is 0.482 e. The molecular weight excluding hydrogens is 340 g/mol. The second-order valence-electron chi connectivity index (χ2n) is 6.73. The minimum atomic E-state index is -1.02. The van der Waals surface area contributed by atoms with E-state index in [1.807, 2.05) is 27.7 Å². The van der Waals surface area contributed by atoms with E-state index >= 15 is 0 Å². The van der Waals surface area contributed by atoms with Crippen molar-refractivity contribution >= 4 is 23.2 Å². The van der Waals surface area contributed by atoms with Crippen LogP contribution in [0.25, 0.3) is 0 Å². The number of aliphatic carboxylic acids is 1. The first-order valence-corrected chi connectivity index (χ1v) is 8.76. The smallest absolute Gasteiger partial charge is 0.341 e. The predicted molar refractivity (Wildman–Crippen MR) is 96.3 cm³/mol. The number of benzene rings is 1. The van der Waals surface area contributed by atoms with Crippen molar-refractivity contribution in [1.82, 2.24) is 10.3 Å². The predicted octanol–water partition coefficient (Wildman–Crippen LogP) is 3.40. The van der Waals surface area contributed by atoms with Gasteiger partial charge in [-0.1, -0.05) is 32.9 Å². The molecular formula is C18H22N2O4S. The maximum Gasteiger partial charge on any atom is 0.341 e. The fourth-order valence-corrected chi connectivity index (χ4v) is 3.18. The third-order valence-electron chi connectivity index (χ3n) is 3.57. The molecule has 2 rings (SSSR count). The number of hydrogen-bond donors (Lipinski definition) is 2. The molecule has 25 heavy (non-hydrogen) atoms. The molecule has 2 N–H and O–H groups in total. The summed E-state index contributed by atoms with van der Waals surface area (Å²) in [6.07, 6.45) is 0. The second-order valence-corrected chi connectivity index (χ2v) is 7.58. The lowest BCUT2D eigenvalue weighted by atomic mass is 9.91. The molecule has 0 saturated carbocycles. The molecule has 0 bridgehead atoms. The van der Waals surface area contributed by atoms with Gasteiger partial charge in [0.25, 0.3) is 5.91 Å². The Hall–Kier alpha value is -2.41. The van der Waals surface area contributed by atoms with Gasteiger partial charge in [-0.3, -0.25) is 4.79 Å². The topological polar surface area (TPSA) is 88.5 Å². The number of rotatable bonds is 6. The van der Waals surface area contributed by atoms with Crippen molar-refractivity contribution in [2.24, 2.45) is 0 Å². The molecule has 0 aliphatic heterocycles. The summed E-state index contributed by atoms with van der Waals surface area (Å²) in [5.74, 6) is -0.697. The Morgan fingerprint density at radius 1 is 1.28 bits per heavy atom. The summed E-state index contributed by atoms with van der Waals surface area (Å²) in [7, 11) is 0. The Kier molecular flexibility index (Phi) is 5.79. The maximum absolute atomic E-state index is 12.6. The average Bonchev–Trinajstić information content (AvgIpc) is 3.03. The highest BCUT2D eigenvalue weighted by Crippen LogP contribution is 2.27. The Labute approximate surface area is 150 Å². The molecule has 2 aromatic rings. The van der Waals surface area contributed by atoms with Crippen molar-refractivity contribution < 1.29 is 19.4 Å². The van der Waals surface area contributed by atoms with Gasteiger partial charge >= 0.3 is 5.97 Å². The molecule has 7 heteroatoms. The van der Waals surface area contributed by atoms with E-state index in [0.29, 0.717) is 10.6 Å². The molecule has 1 unspecified atom stereocenters. The molecule has 0 aliphatic rings. The van der Waals surface area contributed by atoms with Crippen LogP contribution in [0.2, 0.25) is 0 Å². The lowest BCUT2D eigenvalue weighted by molar-refractivity contribution is -0.139. The lowest BCUT2D eigenvalue weighted by Crippen LogP contribution is -2.28. The first-order chi connectivity index (χ1) is 11.7. The van der Waals surface area contributed by atoms with E-state index in [2.05, 4.69) is 10.3 Å². The monoisotopic (exact) mass is 362 g/mol. The van der Waals surface area contributed by atoms with Gasteiger partial charge in [-0.15, -0.1) is 11.3 Å². The summed E-state index contributed by atoms with van der Waals surface area (Å²) < 4.78 is 5.10. The fourth-order valence-electron chi connectivity index (χ4n) is 2.28. The first kappa shape index (κ1) is 18.9. The number of nitrogens with zero attached hydrogens (tertiary/aromatic N) is 1. The number of carbonyl (C=O) groups excluding carboxylic acids is 1. The molecule has 0 aliphatic carbocycles. The molecule has 1 atom stereocenters. The van der Waals surface area contributed by atoms with Crippen LogP contribution in [0.4, 0.5) is 0 Å². The van der Waals surface area contributed by atoms with Gasteiger partial charge in [0, 0.05) is 5.41 Å². The Bertz CT molecular complexity index is 747. The quantitative estimate of drug-likeness (QED) is 0.822. The summed E-state index contributed by atoms with van der Waals surface area (Å²) in [4.78, 5) is 28.0. The van der Waals surface area contributed by atoms with E-state index in [0.717, 1.165) is 11.3 Å². The van der Waals surface area contributed by atoms with Crippen LogP contribution >= 0.6 is 11.3 Å². The van der Waals surface area contributed by atoms with Crippen LogP contribution < -0.4 is 10.1 Å². The number of ether oxygens (including phenoxy) is 1. The number of nitrogens with one attached hydrogen (secondary N) is 1. The summed E-state index contributed by atoms with van der Waals surface area (Å²) in [5.41, 5.74) is 3.19. The zero-order chi connectivity index (χ0) is 18.6. The molecule has 134 valence electrons. The summed E-state index contributed by atoms with van der Waals surface area (Å²) in [6, 6.07) is 6.79. The molecule has 0 spiro atoms. The minimum Gasteiger partial charge on any atom is -0.482 e. The van der Waals surface area contributed by atoms with E-state index in [9.17, 15) is 9.59 Å². The van der Waals surface area contributed by atoms with Crippen LogP contribution in [0.1, 0.15) is 54.7 Å². The molecule has 1 aromatic heterocycles. The molecule has 0 saturated heterocycles. The van der Waals surface area contributed by atoms with Crippen molar-refractivity contribution in [3.63, 3.8) is 0 Å². The number of thiazole rings is 1. The summed E-state index contributed by atoms with van der Waals surface area (Å²) >= 11 is 1.33. The van der Waals surface area contributed by atoms with E-state index in [-0.39, 0.29) is 24.0 Å². The van der Waals surface area contributed by atoms with Crippen LogP contribution in [-0.4, -0.2) is 28.6 Å². The SMILES string of the molecule is CC(NC(=O)c1scnc1C(C)(C)C)c1ccc(OCC(=O)O)cc1. The molecule has 0 fully saturated rings. The highest BCUT2D eigenvalue weighted by Gasteiger charge is 2.25. The number of aromatic nitrogens is 1. The van der Waals surface area contributed by atoms with Gasteiger partial charge in [-0.2, -0.15) is 0 Å². The number of carbonyl (C=O) groups is 2. The Morgan fingerprint density at radius 2 is 1.92 bits per heavy atom. The highest BCUT2D eigenvalue weighted by atomic mass is 32.1. The standard InChI is InChI=1S/C18H22N2O4S/c1-11(12-5-7-13(8-6-12)24-9-14(21)22)20-17(23)15-16(18(2,3)4)19-10-25-15/h5-8,10-11H,9H2,1-4H3,(H,20,23)(H,21,22). The first-order valence-electron chi connectivity index (χ1n) is 7.88. The van der Waals surface area contributed by atoms with E-state index in [1.165, 1.54) is 11.3 Å². The molecule has 0 radical (unpaired) electrons. The van der Waals surface area contributed by atoms with Gasteiger partial charge in [-0.05, 0) is 24.6 Å². The van der Waals surface area contributed by atoms with Crippen LogP contribution in [0.3, 0.4) is 0 Å². The zero-order valence-electron chi connectivity index (χ0n) is 14.7. The third kappa shape index (κ3) is 5.03. The van der Waals surface area contributed by atoms with Crippen LogP contribution in [0, 0.1) is 0 Å².